The molecule has 0 aliphatic heterocycles. The van der Waals surface area contributed by atoms with Crippen LogP contribution in [-0.4, -0.2) is 47.0 Å². The molecule has 5 N–H and O–H groups in total. The number of nitrogens with two attached hydrogens (primary N) is 1. The van der Waals surface area contributed by atoms with E-state index in [1.54, 1.807) is 24.5 Å². The summed E-state index contributed by atoms with van der Waals surface area (Å²) in [5.74, 6) is 0.301. The van der Waals surface area contributed by atoms with Gasteiger partial charge in [0.25, 0.3) is 0 Å². The van der Waals surface area contributed by atoms with Gasteiger partial charge in [0.2, 0.25) is 5.91 Å². The van der Waals surface area contributed by atoms with Crippen molar-refractivity contribution in [3.05, 3.63) is 95.5 Å². The number of hydrogen-bond acceptors (Lipinski definition) is 7. The maximum Gasteiger partial charge on any atom is 0.248 e. The van der Waals surface area contributed by atoms with Crippen LogP contribution in [0.4, 0.5) is 5.82 Å². The Morgan fingerprint density at radius 3 is 2.48 bits per heavy atom. The summed E-state index contributed by atoms with van der Waals surface area (Å²) in [7, 11) is 0. The van der Waals surface area contributed by atoms with Crippen molar-refractivity contribution in [1.82, 2.24) is 25.6 Å². The lowest BCUT2D eigenvalue weighted by Gasteiger charge is -2.12. The van der Waals surface area contributed by atoms with Crippen molar-refractivity contribution in [2.24, 2.45) is 5.73 Å². The van der Waals surface area contributed by atoms with Crippen LogP contribution in [0.2, 0.25) is 5.02 Å². The molecule has 204 valence electrons. The maximum absolute atomic E-state index is 11.6. The number of unbranched alkanes of at least 4 members (excludes halogenated alkanes) is 1. The first-order valence-electron chi connectivity index (χ1n) is 13.4. The van der Waals surface area contributed by atoms with Gasteiger partial charge >= 0.3 is 0 Å². The molecule has 5 rings (SSSR count). The molecule has 0 aliphatic rings. The smallest absolute Gasteiger partial charge is 0.248 e. The molecule has 0 aliphatic carbocycles. The van der Waals surface area contributed by atoms with E-state index in [1.807, 2.05) is 42.7 Å². The van der Waals surface area contributed by atoms with E-state index in [0.717, 1.165) is 83.7 Å². The number of fused-ring (bicyclic) bond motifs is 3. The molecule has 0 radical (unpaired) electrons. The van der Waals surface area contributed by atoms with Gasteiger partial charge in [-0.1, -0.05) is 35.9 Å². The number of rotatable bonds is 13. The summed E-state index contributed by atoms with van der Waals surface area (Å²) in [6.45, 7) is 4.19. The summed E-state index contributed by atoms with van der Waals surface area (Å²) in [6.07, 6.45) is 9.32. The zero-order valence-corrected chi connectivity index (χ0v) is 22.9. The Morgan fingerprint density at radius 2 is 1.68 bits per heavy atom. The highest BCUT2D eigenvalue weighted by Gasteiger charge is 2.10. The van der Waals surface area contributed by atoms with E-state index in [-0.39, 0.29) is 0 Å². The first-order chi connectivity index (χ1) is 19.6. The van der Waals surface area contributed by atoms with Crippen LogP contribution in [0.15, 0.2) is 79.4 Å². The Hall–Kier alpha value is -4.11. The number of pyridine rings is 3. The molecule has 0 spiro atoms. The van der Waals surface area contributed by atoms with E-state index in [0.29, 0.717) is 11.1 Å². The quantitative estimate of drug-likeness (QED) is 0.117. The van der Waals surface area contributed by atoms with Gasteiger partial charge < -0.3 is 21.7 Å². The van der Waals surface area contributed by atoms with E-state index < -0.39 is 5.91 Å². The van der Waals surface area contributed by atoms with Crippen molar-refractivity contribution < 1.29 is 4.79 Å². The van der Waals surface area contributed by atoms with Gasteiger partial charge in [0.15, 0.2) is 0 Å². The second-order valence-corrected chi connectivity index (χ2v) is 10.0. The number of nitrogens with one attached hydrogen (secondary N) is 3. The number of carbonyl (C=O) groups excluding carboxylic acids is 1. The van der Waals surface area contributed by atoms with E-state index in [4.69, 9.17) is 22.3 Å². The van der Waals surface area contributed by atoms with Crippen molar-refractivity contribution in [3.63, 3.8) is 0 Å². The van der Waals surface area contributed by atoms with Crippen molar-refractivity contribution in [3.8, 4) is 11.1 Å². The molecule has 0 fully saturated rings. The second-order valence-electron chi connectivity index (χ2n) is 9.59. The van der Waals surface area contributed by atoms with Crippen LogP contribution in [0.3, 0.4) is 0 Å². The molecule has 2 aromatic carbocycles. The van der Waals surface area contributed by atoms with E-state index in [9.17, 15) is 4.79 Å². The molecule has 0 atom stereocenters. The first-order valence-corrected chi connectivity index (χ1v) is 13.8. The standard InChI is InChI=1S/C31H32ClN7O/c32-28-16-21(5-7-24(28)23-4-3-12-36-19-23)18-35-11-2-1-10-34-14-15-38-31-26-9-13-37-20-27(26)25-8-6-22(30(33)40)17-29(25)39-31/h3-9,12-13,16-17,19-20,34-35H,1-2,10-11,14-15,18H2,(H2,33,40)(H,38,39). The lowest BCUT2D eigenvalue weighted by Crippen LogP contribution is -2.24. The van der Waals surface area contributed by atoms with Crippen molar-refractivity contribution in [1.29, 1.82) is 0 Å². The van der Waals surface area contributed by atoms with E-state index in [1.165, 1.54) is 5.56 Å². The van der Waals surface area contributed by atoms with Gasteiger partial charge in [-0.05, 0) is 61.8 Å². The van der Waals surface area contributed by atoms with Crippen molar-refractivity contribution in [2.75, 3.05) is 31.5 Å². The number of hydrogen-bond donors (Lipinski definition) is 4. The molecule has 8 nitrogen and oxygen atoms in total. The number of nitrogens with zero attached hydrogens (tertiary/aromatic N) is 3. The molecule has 40 heavy (non-hydrogen) atoms. The topological polar surface area (TPSA) is 118 Å². The zero-order chi connectivity index (χ0) is 27.7. The minimum absolute atomic E-state index is 0.438. The Bertz CT molecular complexity index is 1610. The molecule has 1 amide bonds. The predicted octanol–water partition coefficient (Wildman–Crippen LogP) is 5.17. The van der Waals surface area contributed by atoms with Crippen LogP contribution in [0.25, 0.3) is 32.8 Å². The lowest BCUT2D eigenvalue weighted by atomic mass is 10.1. The summed E-state index contributed by atoms with van der Waals surface area (Å²) < 4.78 is 0. The van der Waals surface area contributed by atoms with Crippen molar-refractivity contribution in [2.45, 2.75) is 19.4 Å². The zero-order valence-electron chi connectivity index (χ0n) is 22.2. The Balaban J connectivity index is 1.02. The largest absolute Gasteiger partial charge is 0.368 e. The average molecular weight is 554 g/mol. The van der Waals surface area contributed by atoms with Crippen LogP contribution in [-0.2, 0) is 6.54 Å². The van der Waals surface area contributed by atoms with Crippen LogP contribution in [0, 0.1) is 0 Å². The third kappa shape index (κ3) is 6.71. The van der Waals surface area contributed by atoms with Gasteiger partial charge in [-0.2, -0.15) is 0 Å². The number of carbonyl (C=O) groups is 1. The van der Waals surface area contributed by atoms with Gasteiger partial charge in [0.05, 0.1) is 5.52 Å². The molecule has 5 aromatic rings. The normalized spacial score (nSPS) is 11.2. The van der Waals surface area contributed by atoms with Gasteiger partial charge in [-0.25, -0.2) is 4.98 Å². The van der Waals surface area contributed by atoms with Crippen LogP contribution in [0.1, 0.15) is 28.8 Å². The van der Waals surface area contributed by atoms with Crippen LogP contribution >= 0.6 is 11.6 Å². The number of primary amides is 1. The summed E-state index contributed by atoms with van der Waals surface area (Å²) in [6, 6.07) is 17.4. The fourth-order valence-corrected chi connectivity index (χ4v) is 5.00. The molecule has 0 saturated heterocycles. The minimum Gasteiger partial charge on any atom is -0.368 e. The third-order valence-corrected chi connectivity index (χ3v) is 7.08. The van der Waals surface area contributed by atoms with Crippen LogP contribution < -0.4 is 21.7 Å². The highest BCUT2D eigenvalue weighted by molar-refractivity contribution is 6.33. The van der Waals surface area contributed by atoms with E-state index >= 15 is 0 Å². The number of amides is 1. The first kappa shape index (κ1) is 27.5. The number of anilines is 1. The molecule has 0 bridgehead atoms. The monoisotopic (exact) mass is 553 g/mol. The Kier molecular flexibility index (Phi) is 9.13. The van der Waals surface area contributed by atoms with Crippen molar-refractivity contribution >= 4 is 45.0 Å². The summed E-state index contributed by atoms with van der Waals surface area (Å²) in [5.41, 5.74) is 9.80. The molecule has 9 heteroatoms. The molecular weight excluding hydrogens is 522 g/mol. The summed E-state index contributed by atoms with van der Waals surface area (Å²) in [5, 5.41) is 14.1. The SMILES string of the molecule is NC(=O)c1ccc2c(c1)nc(NCCNCCCCNCc1ccc(-c3cccnc3)c(Cl)c1)c1ccncc12. The number of benzene rings is 2. The van der Waals surface area contributed by atoms with Gasteiger partial charge in [-0.3, -0.25) is 14.8 Å². The predicted molar refractivity (Wildman–Crippen MR) is 163 cm³/mol. The van der Waals surface area contributed by atoms with Crippen LogP contribution in [0.5, 0.6) is 0 Å². The summed E-state index contributed by atoms with van der Waals surface area (Å²) >= 11 is 6.51. The second kappa shape index (κ2) is 13.3. The highest BCUT2D eigenvalue weighted by Crippen LogP contribution is 2.29. The number of aromatic nitrogens is 3. The lowest BCUT2D eigenvalue weighted by molar-refractivity contribution is 0.100. The van der Waals surface area contributed by atoms with Gasteiger partial charge in [0.1, 0.15) is 5.82 Å². The fourth-order valence-electron chi connectivity index (χ4n) is 4.69. The highest BCUT2D eigenvalue weighted by atomic mass is 35.5. The molecular formula is C31H32ClN7O. The minimum atomic E-state index is -0.469. The van der Waals surface area contributed by atoms with Gasteiger partial charge in [0, 0.05) is 82.3 Å². The number of halogens is 1. The summed E-state index contributed by atoms with van der Waals surface area (Å²) in [4.78, 5) is 24.8. The average Bonchev–Trinajstić information content (AvgIpc) is 2.98. The Morgan fingerprint density at radius 1 is 0.825 bits per heavy atom. The molecule has 0 saturated carbocycles. The van der Waals surface area contributed by atoms with E-state index in [2.05, 4.69) is 38.1 Å². The molecule has 0 unspecified atom stereocenters. The maximum atomic E-state index is 11.6. The van der Waals surface area contributed by atoms with Gasteiger partial charge in [-0.15, -0.1) is 0 Å². The Labute approximate surface area is 238 Å². The fraction of sp³-hybridized carbons (Fsp3) is 0.226. The molecule has 3 aromatic heterocycles. The molecule has 3 heterocycles. The third-order valence-electron chi connectivity index (χ3n) is 6.77.